The second kappa shape index (κ2) is 5.34. The van der Waals surface area contributed by atoms with E-state index in [1.807, 2.05) is 12.4 Å². The van der Waals surface area contributed by atoms with Crippen LogP contribution in [0.2, 0.25) is 0 Å². The molecule has 1 fully saturated rings. The van der Waals surface area contributed by atoms with Crippen LogP contribution in [0, 0.1) is 0 Å². The van der Waals surface area contributed by atoms with Gasteiger partial charge in [-0.15, -0.1) is 6.58 Å². The Balaban J connectivity index is 2.56. The predicted molar refractivity (Wildman–Crippen MR) is 67.4 cm³/mol. The van der Waals surface area contributed by atoms with Gasteiger partial charge < -0.3 is 4.90 Å². The van der Waals surface area contributed by atoms with Crippen LogP contribution >= 0.6 is 0 Å². The van der Waals surface area contributed by atoms with Gasteiger partial charge >= 0.3 is 0 Å². The van der Waals surface area contributed by atoms with Crippen molar-refractivity contribution in [3.05, 3.63) is 12.7 Å². The maximum absolute atomic E-state index is 4.58. The van der Waals surface area contributed by atoms with E-state index in [9.17, 15) is 0 Å². The fourth-order valence-corrected chi connectivity index (χ4v) is 1.87. The van der Waals surface area contributed by atoms with Gasteiger partial charge in [0.25, 0.3) is 0 Å². The predicted octanol–water partition coefficient (Wildman–Crippen LogP) is 3.24. The number of hydrogen-bond acceptors (Lipinski definition) is 1. The summed E-state index contributed by atoms with van der Waals surface area (Å²) in [6, 6.07) is 0.627. The number of hydrogen-bond donors (Lipinski definition) is 0. The van der Waals surface area contributed by atoms with Crippen molar-refractivity contribution in [1.29, 1.82) is 0 Å². The first-order chi connectivity index (χ1) is 7.03. The van der Waals surface area contributed by atoms with Gasteiger partial charge in [0.1, 0.15) is 0 Å². The van der Waals surface area contributed by atoms with Crippen molar-refractivity contribution in [1.82, 2.24) is 4.90 Å². The number of likely N-dealkylation sites (tertiary alicyclic amines) is 1. The molecule has 1 saturated heterocycles. The molecule has 1 unspecified atom stereocenters. The highest BCUT2D eigenvalue weighted by molar-refractivity contribution is 5.56. The summed E-state index contributed by atoms with van der Waals surface area (Å²) in [6.45, 7) is 11.4. The van der Waals surface area contributed by atoms with Crippen molar-refractivity contribution in [2.24, 2.45) is 4.99 Å². The Bertz CT molecular complexity index is 225. The fourth-order valence-electron chi connectivity index (χ4n) is 1.87. The van der Waals surface area contributed by atoms with Crippen molar-refractivity contribution in [3.63, 3.8) is 0 Å². The molecular weight excluding hydrogens is 184 g/mol. The third-order valence-corrected chi connectivity index (χ3v) is 2.70. The highest BCUT2D eigenvalue weighted by Gasteiger charge is 2.19. The minimum absolute atomic E-state index is 0.0379. The zero-order valence-corrected chi connectivity index (χ0v) is 10.4. The lowest BCUT2D eigenvalue weighted by Gasteiger charge is -2.34. The normalized spacial score (nSPS) is 23.4. The van der Waals surface area contributed by atoms with Gasteiger partial charge in [0.2, 0.25) is 0 Å². The third-order valence-electron chi connectivity index (χ3n) is 2.70. The molecule has 15 heavy (non-hydrogen) atoms. The van der Waals surface area contributed by atoms with Crippen LogP contribution in [0.25, 0.3) is 0 Å². The minimum Gasteiger partial charge on any atom is -0.360 e. The van der Waals surface area contributed by atoms with Crippen LogP contribution in [0.3, 0.4) is 0 Å². The molecule has 0 bridgehead atoms. The Kier molecular flexibility index (Phi) is 4.37. The number of rotatable bonds is 3. The van der Waals surface area contributed by atoms with Gasteiger partial charge in [-0.1, -0.05) is 6.08 Å². The summed E-state index contributed by atoms with van der Waals surface area (Å²) in [6.07, 6.45) is 9.07. The number of aliphatic imine (C=N–C) groups is 1. The smallest absolute Gasteiger partial charge is 0.0858 e. The van der Waals surface area contributed by atoms with E-state index in [-0.39, 0.29) is 5.54 Å². The molecule has 0 N–H and O–H groups in total. The molecule has 1 aliphatic heterocycles. The van der Waals surface area contributed by atoms with Crippen molar-refractivity contribution >= 4 is 6.34 Å². The number of nitrogens with zero attached hydrogens (tertiary/aromatic N) is 2. The molecule has 0 aromatic rings. The first-order valence-electron chi connectivity index (χ1n) is 5.95. The quantitative estimate of drug-likeness (QED) is 0.395. The maximum Gasteiger partial charge on any atom is 0.0858 e. The average Bonchev–Trinajstić information content (AvgIpc) is 2.16. The van der Waals surface area contributed by atoms with Crippen molar-refractivity contribution < 1.29 is 0 Å². The topological polar surface area (TPSA) is 15.6 Å². The van der Waals surface area contributed by atoms with Gasteiger partial charge in [-0.2, -0.15) is 0 Å². The molecule has 0 amide bonds. The molecule has 2 heteroatoms. The maximum atomic E-state index is 4.58. The third kappa shape index (κ3) is 4.50. The SMILES string of the molecule is C=CCC1CCCCN1C=NC(C)(C)C. The standard InChI is InChI=1S/C13H24N2/c1-5-8-12-9-6-7-10-15(12)11-14-13(2,3)4/h5,11-12H,1,6-10H2,2-4H3. The fraction of sp³-hybridized carbons (Fsp3) is 0.769. The molecule has 0 radical (unpaired) electrons. The second-order valence-electron chi connectivity index (χ2n) is 5.33. The Morgan fingerprint density at radius 3 is 2.73 bits per heavy atom. The molecule has 0 saturated carbocycles. The summed E-state index contributed by atoms with van der Waals surface area (Å²) in [5, 5.41) is 0. The van der Waals surface area contributed by atoms with E-state index >= 15 is 0 Å². The average molecular weight is 208 g/mol. The summed E-state index contributed by atoms with van der Waals surface area (Å²) in [5.74, 6) is 0. The lowest BCUT2D eigenvalue weighted by Crippen LogP contribution is -2.38. The van der Waals surface area contributed by atoms with Gasteiger partial charge in [-0.05, 0) is 46.5 Å². The van der Waals surface area contributed by atoms with E-state index in [0.29, 0.717) is 6.04 Å². The Morgan fingerprint density at radius 1 is 1.40 bits per heavy atom. The van der Waals surface area contributed by atoms with E-state index < -0.39 is 0 Å². The van der Waals surface area contributed by atoms with Crippen LogP contribution < -0.4 is 0 Å². The molecule has 86 valence electrons. The number of piperidine rings is 1. The van der Waals surface area contributed by atoms with Crippen LogP contribution in [-0.4, -0.2) is 29.4 Å². The zero-order valence-electron chi connectivity index (χ0n) is 10.4. The largest absolute Gasteiger partial charge is 0.360 e. The summed E-state index contributed by atoms with van der Waals surface area (Å²) < 4.78 is 0. The van der Waals surface area contributed by atoms with E-state index in [1.54, 1.807) is 0 Å². The van der Waals surface area contributed by atoms with Crippen molar-refractivity contribution in [2.75, 3.05) is 6.54 Å². The van der Waals surface area contributed by atoms with Crippen molar-refractivity contribution in [3.8, 4) is 0 Å². The van der Waals surface area contributed by atoms with Gasteiger partial charge in [-0.3, -0.25) is 4.99 Å². The zero-order chi connectivity index (χ0) is 11.3. The Labute approximate surface area is 94.1 Å². The summed E-state index contributed by atoms with van der Waals surface area (Å²) in [7, 11) is 0. The molecule has 0 aromatic heterocycles. The van der Waals surface area contributed by atoms with Crippen LogP contribution in [0.1, 0.15) is 46.5 Å². The highest BCUT2D eigenvalue weighted by Crippen LogP contribution is 2.19. The molecule has 0 aromatic carbocycles. The molecule has 1 atom stereocenters. The summed E-state index contributed by atoms with van der Waals surface area (Å²) in [4.78, 5) is 6.96. The Morgan fingerprint density at radius 2 is 2.13 bits per heavy atom. The molecular formula is C13H24N2. The highest BCUT2D eigenvalue weighted by atomic mass is 15.2. The van der Waals surface area contributed by atoms with Crippen LogP contribution in [0.4, 0.5) is 0 Å². The van der Waals surface area contributed by atoms with Crippen molar-refractivity contribution in [2.45, 2.75) is 58.0 Å². The molecule has 0 aliphatic carbocycles. The van der Waals surface area contributed by atoms with E-state index in [2.05, 4.69) is 37.2 Å². The second-order valence-corrected chi connectivity index (χ2v) is 5.33. The van der Waals surface area contributed by atoms with Crippen LogP contribution in [0.5, 0.6) is 0 Å². The van der Waals surface area contributed by atoms with Gasteiger partial charge in [-0.25, -0.2) is 0 Å². The lowest BCUT2D eigenvalue weighted by molar-refractivity contribution is 0.248. The van der Waals surface area contributed by atoms with Gasteiger partial charge in [0.05, 0.1) is 11.9 Å². The van der Waals surface area contributed by atoms with E-state index in [4.69, 9.17) is 0 Å². The minimum atomic E-state index is 0.0379. The molecule has 1 aliphatic rings. The van der Waals surface area contributed by atoms with E-state index in [1.165, 1.54) is 19.3 Å². The summed E-state index contributed by atoms with van der Waals surface area (Å²) >= 11 is 0. The summed E-state index contributed by atoms with van der Waals surface area (Å²) in [5.41, 5.74) is 0.0379. The molecule has 2 nitrogen and oxygen atoms in total. The molecule has 1 heterocycles. The van der Waals surface area contributed by atoms with Gasteiger partial charge in [0, 0.05) is 12.6 Å². The van der Waals surface area contributed by atoms with Gasteiger partial charge in [0.15, 0.2) is 0 Å². The van der Waals surface area contributed by atoms with Crippen LogP contribution in [0.15, 0.2) is 17.6 Å². The first kappa shape index (κ1) is 12.3. The Hall–Kier alpha value is -0.790. The van der Waals surface area contributed by atoms with E-state index in [0.717, 1.165) is 13.0 Å². The lowest BCUT2D eigenvalue weighted by atomic mass is 10.0. The molecule has 0 spiro atoms. The van der Waals surface area contributed by atoms with Crippen LogP contribution in [-0.2, 0) is 0 Å². The first-order valence-corrected chi connectivity index (χ1v) is 5.95. The monoisotopic (exact) mass is 208 g/mol. The molecule has 1 rings (SSSR count).